The SMILES string of the molecule is CC(C)C1CC(NCC2CCCC2)CN(C2CC2)C1. The smallest absolute Gasteiger partial charge is 0.0198 e. The lowest BCUT2D eigenvalue weighted by Crippen LogP contribution is -2.51. The summed E-state index contributed by atoms with van der Waals surface area (Å²) in [5, 5.41) is 3.92. The molecule has 3 rings (SSSR count). The first kappa shape index (κ1) is 13.9. The lowest BCUT2D eigenvalue weighted by atomic mass is 9.85. The minimum atomic E-state index is 0.766. The van der Waals surface area contributed by atoms with Gasteiger partial charge in [0.15, 0.2) is 0 Å². The normalized spacial score (nSPS) is 34.3. The minimum absolute atomic E-state index is 0.766. The first-order chi connectivity index (χ1) is 9.22. The molecule has 0 amide bonds. The molecule has 0 aromatic rings. The van der Waals surface area contributed by atoms with Crippen molar-refractivity contribution in [2.45, 2.75) is 70.9 Å². The van der Waals surface area contributed by atoms with Crippen molar-refractivity contribution in [3.8, 4) is 0 Å². The zero-order valence-electron chi connectivity index (χ0n) is 12.9. The largest absolute Gasteiger partial charge is 0.312 e. The second-order valence-corrected chi connectivity index (χ2v) is 7.68. The highest BCUT2D eigenvalue weighted by Gasteiger charge is 2.36. The Labute approximate surface area is 119 Å². The van der Waals surface area contributed by atoms with E-state index >= 15 is 0 Å². The fraction of sp³-hybridized carbons (Fsp3) is 1.00. The summed E-state index contributed by atoms with van der Waals surface area (Å²) >= 11 is 0. The van der Waals surface area contributed by atoms with E-state index in [0.717, 1.165) is 29.8 Å². The predicted molar refractivity (Wildman–Crippen MR) is 81.3 cm³/mol. The molecule has 1 heterocycles. The third kappa shape index (κ3) is 3.72. The number of nitrogens with zero attached hydrogens (tertiary/aromatic N) is 1. The standard InChI is InChI=1S/C17H32N2/c1-13(2)15-9-16(12-19(11-15)17-7-8-17)18-10-14-5-3-4-6-14/h13-18H,3-12H2,1-2H3. The van der Waals surface area contributed by atoms with Gasteiger partial charge in [-0.1, -0.05) is 26.7 Å². The molecule has 3 fully saturated rings. The van der Waals surface area contributed by atoms with E-state index in [-0.39, 0.29) is 0 Å². The second-order valence-electron chi connectivity index (χ2n) is 7.68. The maximum absolute atomic E-state index is 3.92. The number of hydrogen-bond acceptors (Lipinski definition) is 2. The van der Waals surface area contributed by atoms with Crippen LogP contribution in [0.2, 0.25) is 0 Å². The summed E-state index contributed by atoms with van der Waals surface area (Å²) in [6, 6.07) is 1.71. The fourth-order valence-electron chi connectivity index (χ4n) is 4.09. The van der Waals surface area contributed by atoms with Crippen LogP contribution in [0.25, 0.3) is 0 Å². The van der Waals surface area contributed by atoms with Crippen LogP contribution >= 0.6 is 0 Å². The van der Waals surface area contributed by atoms with E-state index in [9.17, 15) is 0 Å². The molecule has 2 heteroatoms. The number of nitrogens with one attached hydrogen (secondary N) is 1. The molecule has 0 bridgehead atoms. The molecule has 110 valence electrons. The van der Waals surface area contributed by atoms with E-state index < -0.39 is 0 Å². The lowest BCUT2D eigenvalue weighted by molar-refractivity contribution is 0.107. The quantitative estimate of drug-likeness (QED) is 0.820. The van der Waals surface area contributed by atoms with Gasteiger partial charge >= 0.3 is 0 Å². The van der Waals surface area contributed by atoms with Crippen LogP contribution in [0, 0.1) is 17.8 Å². The average molecular weight is 264 g/mol. The minimum Gasteiger partial charge on any atom is -0.312 e. The van der Waals surface area contributed by atoms with Crippen LogP contribution in [0.15, 0.2) is 0 Å². The average Bonchev–Trinajstić information content (AvgIpc) is 3.13. The van der Waals surface area contributed by atoms with Gasteiger partial charge in [-0.3, -0.25) is 4.90 Å². The topological polar surface area (TPSA) is 15.3 Å². The highest BCUT2D eigenvalue weighted by Crippen LogP contribution is 2.33. The van der Waals surface area contributed by atoms with Crippen LogP contribution in [0.1, 0.15) is 58.8 Å². The first-order valence-electron chi connectivity index (χ1n) is 8.70. The number of likely N-dealkylation sites (tertiary alicyclic amines) is 1. The van der Waals surface area contributed by atoms with Crippen LogP contribution in [0.4, 0.5) is 0 Å². The highest BCUT2D eigenvalue weighted by molar-refractivity contribution is 4.93. The van der Waals surface area contributed by atoms with Gasteiger partial charge in [0, 0.05) is 25.2 Å². The van der Waals surface area contributed by atoms with E-state index in [1.807, 2.05) is 0 Å². The van der Waals surface area contributed by atoms with Crippen molar-refractivity contribution in [3.05, 3.63) is 0 Å². The van der Waals surface area contributed by atoms with Crippen molar-refractivity contribution < 1.29 is 0 Å². The molecule has 2 atom stereocenters. The van der Waals surface area contributed by atoms with Gasteiger partial charge in [-0.25, -0.2) is 0 Å². The van der Waals surface area contributed by atoms with Crippen molar-refractivity contribution in [1.29, 1.82) is 0 Å². The summed E-state index contributed by atoms with van der Waals surface area (Å²) in [4.78, 5) is 2.79. The van der Waals surface area contributed by atoms with E-state index in [1.54, 1.807) is 0 Å². The molecular formula is C17H32N2. The molecule has 2 saturated carbocycles. The van der Waals surface area contributed by atoms with Crippen molar-refractivity contribution >= 4 is 0 Å². The Bertz CT molecular complexity index is 269. The fourth-order valence-corrected chi connectivity index (χ4v) is 4.09. The Morgan fingerprint density at radius 2 is 1.79 bits per heavy atom. The van der Waals surface area contributed by atoms with Gasteiger partial charge in [0.1, 0.15) is 0 Å². The van der Waals surface area contributed by atoms with Gasteiger partial charge in [0.05, 0.1) is 0 Å². The van der Waals surface area contributed by atoms with Gasteiger partial charge in [0.2, 0.25) is 0 Å². The zero-order chi connectivity index (χ0) is 13.2. The molecule has 1 N–H and O–H groups in total. The van der Waals surface area contributed by atoms with Gasteiger partial charge in [-0.2, -0.15) is 0 Å². The monoisotopic (exact) mass is 264 g/mol. The molecule has 1 aliphatic heterocycles. The van der Waals surface area contributed by atoms with E-state index in [1.165, 1.54) is 64.6 Å². The number of hydrogen-bond donors (Lipinski definition) is 1. The summed E-state index contributed by atoms with van der Waals surface area (Å²) in [5.74, 6) is 2.74. The van der Waals surface area contributed by atoms with Crippen molar-refractivity contribution in [2.75, 3.05) is 19.6 Å². The van der Waals surface area contributed by atoms with Crippen molar-refractivity contribution in [3.63, 3.8) is 0 Å². The third-order valence-corrected chi connectivity index (χ3v) is 5.69. The Morgan fingerprint density at radius 3 is 2.42 bits per heavy atom. The third-order valence-electron chi connectivity index (χ3n) is 5.69. The van der Waals surface area contributed by atoms with Crippen LogP contribution < -0.4 is 5.32 Å². The number of piperidine rings is 1. The Balaban J connectivity index is 1.50. The maximum Gasteiger partial charge on any atom is 0.0198 e. The Morgan fingerprint density at radius 1 is 1.05 bits per heavy atom. The molecule has 2 aliphatic carbocycles. The molecule has 0 spiro atoms. The highest BCUT2D eigenvalue weighted by atomic mass is 15.2. The van der Waals surface area contributed by atoms with Crippen molar-refractivity contribution in [2.24, 2.45) is 17.8 Å². The van der Waals surface area contributed by atoms with Crippen molar-refractivity contribution in [1.82, 2.24) is 10.2 Å². The Kier molecular flexibility index (Phi) is 4.48. The van der Waals surface area contributed by atoms with Crippen LogP contribution in [-0.2, 0) is 0 Å². The molecule has 0 aromatic carbocycles. The second kappa shape index (κ2) is 6.13. The summed E-state index contributed by atoms with van der Waals surface area (Å²) in [6.45, 7) is 8.79. The van der Waals surface area contributed by atoms with Gasteiger partial charge in [-0.05, 0) is 56.4 Å². The van der Waals surface area contributed by atoms with Crippen LogP contribution in [-0.4, -0.2) is 36.6 Å². The zero-order valence-corrected chi connectivity index (χ0v) is 12.9. The molecule has 0 aromatic heterocycles. The molecular weight excluding hydrogens is 232 g/mol. The number of rotatable bonds is 5. The predicted octanol–water partition coefficient (Wildman–Crippen LogP) is 3.28. The molecule has 1 saturated heterocycles. The first-order valence-corrected chi connectivity index (χ1v) is 8.70. The van der Waals surface area contributed by atoms with E-state index in [0.29, 0.717) is 0 Å². The summed E-state index contributed by atoms with van der Waals surface area (Å²) in [5.41, 5.74) is 0. The maximum atomic E-state index is 3.92. The Hall–Kier alpha value is -0.0800. The molecule has 2 nitrogen and oxygen atoms in total. The van der Waals surface area contributed by atoms with Gasteiger partial charge < -0.3 is 5.32 Å². The van der Waals surface area contributed by atoms with Crippen LogP contribution in [0.3, 0.4) is 0 Å². The lowest BCUT2D eigenvalue weighted by Gasteiger charge is -2.40. The van der Waals surface area contributed by atoms with Crippen LogP contribution in [0.5, 0.6) is 0 Å². The summed E-state index contributed by atoms with van der Waals surface area (Å²) in [6.07, 6.45) is 10.2. The molecule has 3 aliphatic rings. The molecule has 2 unspecified atom stereocenters. The van der Waals surface area contributed by atoms with E-state index in [4.69, 9.17) is 0 Å². The van der Waals surface area contributed by atoms with Gasteiger partial charge in [0.25, 0.3) is 0 Å². The summed E-state index contributed by atoms with van der Waals surface area (Å²) < 4.78 is 0. The molecule has 0 radical (unpaired) electrons. The van der Waals surface area contributed by atoms with Gasteiger partial charge in [-0.15, -0.1) is 0 Å². The summed E-state index contributed by atoms with van der Waals surface area (Å²) in [7, 11) is 0. The molecule has 19 heavy (non-hydrogen) atoms. The van der Waals surface area contributed by atoms with E-state index in [2.05, 4.69) is 24.1 Å².